The number of hydrogen-bond acceptors (Lipinski definition) is 3. The third-order valence-corrected chi connectivity index (χ3v) is 1.39. The first kappa shape index (κ1) is 9.20. The van der Waals surface area contributed by atoms with Crippen LogP contribution in [0.15, 0.2) is 6.07 Å². The first-order valence-corrected chi connectivity index (χ1v) is 3.65. The molecular formula is C9H8N2O2. The van der Waals surface area contributed by atoms with Crippen LogP contribution in [0.3, 0.4) is 0 Å². The van der Waals surface area contributed by atoms with Crippen LogP contribution >= 0.6 is 0 Å². The van der Waals surface area contributed by atoms with E-state index in [0.29, 0.717) is 17.9 Å². The first-order chi connectivity index (χ1) is 6.13. The molecule has 0 aromatic carbocycles. The number of aromatic nitrogens is 2. The minimum atomic E-state index is -1.07. The van der Waals surface area contributed by atoms with E-state index in [4.69, 9.17) is 11.5 Å². The van der Waals surface area contributed by atoms with Gasteiger partial charge in [0.05, 0.1) is 12.1 Å². The molecule has 4 heteroatoms. The van der Waals surface area contributed by atoms with E-state index in [-0.39, 0.29) is 5.69 Å². The Bertz CT molecular complexity index is 380. The summed E-state index contributed by atoms with van der Waals surface area (Å²) >= 11 is 0. The molecule has 0 atom stereocenters. The Labute approximate surface area is 75.7 Å². The fourth-order valence-electron chi connectivity index (χ4n) is 0.934. The van der Waals surface area contributed by atoms with Gasteiger partial charge in [-0.2, -0.15) is 0 Å². The minimum Gasteiger partial charge on any atom is -0.477 e. The molecular weight excluding hydrogens is 168 g/mol. The fourth-order valence-corrected chi connectivity index (χ4v) is 0.934. The Morgan fingerprint density at radius 1 is 1.69 bits per heavy atom. The van der Waals surface area contributed by atoms with Crippen molar-refractivity contribution >= 4 is 5.97 Å². The normalized spacial score (nSPS) is 9.23. The molecule has 4 nitrogen and oxygen atoms in total. The van der Waals surface area contributed by atoms with E-state index in [1.165, 1.54) is 6.07 Å². The molecule has 0 radical (unpaired) electrons. The lowest BCUT2D eigenvalue weighted by Gasteiger charge is -1.99. The average Bonchev–Trinajstić information content (AvgIpc) is 2.03. The second kappa shape index (κ2) is 3.68. The fraction of sp³-hybridized carbons (Fsp3) is 0.222. The first-order valence-electron chi connectivity index (χ1n) is 3.65. The van der Waals surface area contributed by atoms with Crippen LogP contribution in [-0.4, -0.2) is 21.0 Å². The van der Waals surface area contributed by atoms with Gasteiger partial charge >= 0.3 is 5.97 Å². The van der Waals surface area contributed by atoms with Crippen molar-refractivity contribution in [3.63, 3.8) is 0 Å². The van der Waals surface area contributed by atoms with Crippen LogP contribution in [0.2, 0.25) is 0 Å². The molecule has 0 aliphatic heterocycles. The maximum atomic E-state index is 10.6. The zero-order chi connectivity index (χ0) is 9.84. The van der Waals surface area contributed by atoms with Crippen LogP contribution in [0.25, 0.3) is 0 Å². The SMILES string of the molecule is C#CCc1cc(C(=O)O)nc(C)n1. The number of carboxylic acids is 1. The van der Waals surface area contributed by atoms with Gasteiger partial charge < -0.3 is 5.11 Å². The largest absolute Gasteiger partial charge is 0.477 e. The number of carboxylic acid groups (broad SMARTS) is 1. The second-order valence-electron chi connectivity index (χ2n) is 2.48. The molecule has 0 saturated heterocycles. The summed E-state index contributed by atoms with van der Waals surface area (Å²) in [6, 6.07) is 1.38. The summed E-state index contributed by atoms with van der Waals surface area (Å²) in [7, 11) is 0. The molecule has 0 spiro atoms. The van der Waals surface area contributed by atoms with Crippen LogP contribution in [0.1, 0.15) is 22.0 Å². The summed E-state index contributed by atoms with van der Waals surface area (Å²) in [6.07, 6.45) is 5.40. The molecule has 0 unspecified atom stereocenters. The third-order valence-electron chi connectivity index (χ3n) is 1.39. The number of nitrogens with zero attached hydrogens (tertiary/aromatic N) is 2. The average molecular weight is 176 g/mol. The van der Waals surface area contributed by atoms with Crippen molar-refractivity contribution in [1.29, 1.82) is 0 Å². The molecule has 1 heterocycles. The van der Waals surface area contributed by atoms with Crippen molar-refractivity contribution in [3.8, 4) is 12.3 Å². The summed E-state index contributed by atoms with van der Waals surface area (Å²) in [4.78, 5) is 18.3. The number of aryl methyl sites for hydroxylation is 1. The number of aromatic carboxylic acids is 1. The molecule has 0 bridgehead atoms. The van der Waals surface area contributed by atoms with E-state index >= 15 is 0 Å². The van der Waals surface area contributed by atoms with Crippen LogP contribution in [-0.2, 0) is 6.42 Å². The van der Waals surface area contributed by atoms with Crippen LogP contribution in [0.4, 0.5) is 0 Å². The smallest absolute Gasteiger partial charge is 0.354 e. The van der Waals surface area contributed by atoms with Gasteiger partial charge in [0.15, 0.2) is 5.69 Å². The highest BCUT2D eigenvalue weighted by Crippen LogP contribution is 2.01. The van der Waals surface area contributed by atoms with Crippen molar-refractivity contribution < 1.29 is 9.90 Å². The van der Waals surface area contributed by atoms with Gasteiger partial charge in [-0.25, -0.2) is 14.8 Å². The maximum absolute atomic E-state index is 10.6. The van der Waals surface area contributed by atoms with Gasteiger partial charge in [-0.05, 0) is 13.0 Å². The van der Waals surface area contributed by atoms with E-state index in [2.05, 4.69) is 15.9 Å². The highest BCUT2D eigenvalue weighted by molar-refractivity contribution is 5.85. The van der Waals surface area contributed by atoms with Gasteiger partial charge in [-0.1, -0.05) is 0 Å². The van der Waals surface area contributed by atoms with E-state index in [1.54, 1.807) is 6.92 Å². The Kier molecular flexibility index (Phi) is 2.60. The van der Waals surface area contributed by atoms with E-state index in [0.717, 1.165) is 0 Å². The van der Waals surface area contributed by atoms with Gasteiger partial charge in [-0.3, -0.25) is 0 Å². The summed E-state index contributed by atoms with van der Waals surface area (Å²) in [5, 5.41) is 8.66. The molecule has 0 aliphatic carbocycles. The van der Waals surface area contributed by atoms with E-state index in [1.807, 2.05) is 0 Å². The number of carbonyl (C=O) groups is 1. The third kappa shape index (κ3) is 2.27. The van der Waals surface area contributed by atoms with Crippen LogP contribution in [0.5, 0.6) is 0 Å². The lowest BCUT2D eigenvalue weighted by molar-refractivity contribution is 0.0690. The van der Waals surface area contributed by atoms with Gasteiger partial charge in [0.1, 0.15) is 5.82 Å². The Morgan fingerprint density at radius 3 is 2.92 bits per heavy atom. The van der Waals surface area contributed by atoms with E-state index < -0.39 is 5.97 Å². The van der Waals surface area contributed by atoms with Crippen LogP contribution in [0, 0.1) is 19.3 Å². The second-order valence-corrected chi connectivity index (χ2v) is 2.48. The maximum Gasteiger partial charge on any atom is 0.354 e. The highest BCUT2D eigenvalue weighted by atomic mass is 16.4. The van der Waals surface area contributed by atoms with Crippen LogP contribution < -0.4 is 0 Å². The molecule has 0 fully saturated rings. The zero-order valence-electron chi connectivity index (χ0n) is 7.11. The molecule has 1 N–H and O–H groups in total. The summed E-state index contributed by atoms with van der Waals surface area (Å²) in [6.45, 7) is 1.63. The van der Waals surface area contributed by atoms with Gasteiger partial charge in [0, 0.05) is 0 Å². The number of terminal acetylenes is 1. The standard InChI is InChI=1S/C9H8N2O2/c1-3-4-7-5-8(9(12)13)11-6(2)10-7/h1,5H,4H2,2H3,(H,12,13). The molecule has 13 heavy (non-hydrogen) atoms. The molecule has 0 saturated carbocycles. The monoisotopic (exact) mass is 176 g/mol. The molecule has 1 aromatic heterocycles. The summed E-state index contributed by atoms with van der Waals surface area (Å²) in [5.74, 6) is 1.75. The molecule has 1 rings (SSSR count). The number of rotatable bonds is 2. The van der Waals surface area contributed by atoms with Crippen molar-refractivity contribution in [2.24, 2.45) is 0 Å². The predicted molar refractivity (Wildman–Crippen MR) is 46.3 cm³/mol. The zero-order valence-corrected chi connectivity index (χ0v) is 7.11. The quantitative estimate of drug-likeness (QED) is 0.672. The molecule has 1 aromatic rings. The lowest BCUT2D eigenvalue weighted by atomic mass is 10.2. The van der Waals surface area contributed by atoms with Gasteiger partial charge in [0.25, 0.3) is 0 Å². The lowest BCUT2D eigenvalue weighted by Crippen LogP contribution is -2.05. The summed E-state index contributed by atoms with van der Waals surface area (Å²) in [5.41, 5.74) is 0.546. The molecule has 0 amide bonds. The Balaban J connectivity index is 3.12. The van der Waals surface area contributed by atoms with E-state index in [9.17, 15) is 4.79 Å². The van der Waals surface area contributed by atoms with Crippen molar-refractivity contribution in [2.45, 2.75) is 13.3 Å². The van der Waals surface area contributed by atoms with Crippen molar-refractivity contribution in [1.82, 2.24) is 9.97 Å². The highest BCUT2D eigenvalue weighted by Gasteiger charge is 2.07. The molecule has 0 aliphatic rings. The van der Waals surface area contributed by atoms with Gasteiger partial charge in [-0.15, -0.1) is 12.3 Å². The van der Waals surface area contributed by atoms with Crippen molar-refractivity contribution in [3.05, 3.63) is 23.3 Å². The Morgan fingerprint density at radius 2 is 2.38 bits per heavy atom. The minimum absolute atomic E-state index is 0.0160. The predicted octanol–water partition coefficient (Wildman–Crippen LogP) is 0.659. The Hall–Kier alpha value is -1.89. The number of hydrogen-bond donors (Lipinski definition) is 1. The molecule has 66 valence electrons. The summed E-state index contributed by atoms with van der Waals surface area (Å²) < 4.78 is 0. The van der Waals surface area contributed by atoms with Gasteiger partial charge in [0.2, 0.25) is 0 Å². The topological polar surface area (TPSA) is 63.1 Å². The van der Waals surface area contributed by atoms with Crippen molar-refractivity contribution in [2.75, 3.05) is 0 Å².